The molecule has 162 valence electrons. The third-order valence-electron chi connectivity index (χ3n) is 4.77. The van der Waals surface area contributed by atoms with Crippen LogP contribution < -0.4 is 9.64 Å². The molecule has 5 nitrogen and oxygen atoms in total. The van der Waals surface area contributed by atoms with Crippen LogP contribution in [0.15, 0.2) is 36.4 Å². The lowest BCUT2D eigenvalue weighted by atomic mass is 10.2. The van der Waals surface area contributed by atoms with Gasteiger partial charge >= 0.3 is 0 Å². The second-order valence-electron chi connectivity index (χ2n) is 6.41. The first kappa shape index (κ1) is 24.7. The van der Waals surface area contributed by atoms with Gasteiger partial charge in [0.05, 0.1) is 16.8 Å². The summed E-state index contributed by atoms with van der Waals surface area (Å²) < 4.78 is 6.23. The van der Waals surface area contributed by atoms with Gasteiger partial charge in [0.15, 0.2) is 5.13 Å². The Labute approximate surface area is 197 Å². The van der Waals surface area contributed by atoms with E-state index >= 15 is 0 Å². The van der Waals surface area contributed by atoms with Crippen molar-refractivity contribution in [3.63, 3.8) is 0 Å². The third kappa shape index (κ3) is 5.37. The summed E-state index contributed by atoms with van der Waals surface area (Å²) in [4.78, 5) is 22.0. The molecule has 2 aromatic carbocycles. The molecule has 3 rings (SSSR count). The van der Waals surface area contributed by atoms with Gasteiger partial charge in [-0.15, -0.1) is 12.4 Å². The van der Waals surface area contributed by atoms with Gasteiger partial charge in [0.25, 0.3) is 5.91 Å². The van der Waals surface area contributed by atoms with Crippen LogP contribution in [0, 0.1) is 0 Å². The van der Waals surface area contributed by atoms with Gasteiger partial charge in [-0.1, -0.05) is 48.4 Å². The van der Waals surface area contributed by atoms with E-state index in [1.54, 1.807) is 48.4 Å². The monoisotopic (exact) mass is 487 g/mol. The highest BCUT2D eigenvalue weighted by Gasteiger charge is 2.23. The highest BCUT2D eigenvalue weighted by atomic mass is 35.5. The van der Waals surface area contributed by atoms with E-state index in [9.17, 15) is 4.79 Å². The summed E-state index contributed by atoms with van der Waals surface area (Å²) in [6.07, 6.45) is 0. The summed E-state index contributed by atoms with van der Waals surface area (Å²) in [7, 11) is 1.60. The van der Waals surface area contributed by atoms with Gasteiger partial charge in [0.2, 0.25) is 0 Å². The van der Waals surface area contributed by atoms with Crippen molar-refractivity contribution in [3.8, 4) is 5.75 Å². The Kier molecular flexibility index (Phi) is 9.19. The molecule has 3 aromatic rings. The molecule has 0 saturated heterocycles. The van der Waals surface area contributed by atoms with Crippen LogP contribution in [0.1, 0.15) is 24.2 Å². The molecule has 0 aliphatic heterocycles. The van der Waals surface area contributed by atoms with Gasteiger partial charge in [0.1, 0.15) is 11.3 Å². The first-order valence-corrected chi connectivity index (χ1v) is 11.0. The largest absolute Gasteiger partial charge is 0.494 e. The number of likely N-dealkylation sites (N-methyl/N-ethyl adjacent to an activating group) is 1. The molecule has 1 aromatic heterocycles. The third-order valence-corrected chi connectivity index (χ3v) is 6.56. The Bertz CT molecular complexity index is 991. The fraction of sp³-hybridized carbons (Fsp3) is 0.333. The van der Waals surface area contributed by atoms with E-state index < -0.39 is 0 Å². The minimum Gasteiger partial charge on any atom is -0.494 e. The molecular formula is C21H24Cl3N3O2S. The lowest BCUT2D eigenvalue weighted by Crippen LogP contribution is -2.38. The summed E-state index contributed by atoms with van der Waals surface area (Å²) >= 11 is 13.8. The molecule has 1 amide bonds. The van der Waals surface area contributed by atoms with E-state index in [4.69, 9.17) is 32.9 Å². The van der Waals surface area contributed by atoms with Gasteiger partial charge in [-0.05, 0) is 49.5 Å². The Morgan fingerprint density at radius 2 is 1.73 bits per heavy atom. The first-order valence-electron chi connectivity index (χ1n) is 9.41. The van der Waals surface area contributed by atoms with Crippen molar-refractivity contribution in [3.05, 3.63) is 52.0 Å². The molecule has 0 unspecified atom stereocenters. The number of aromatic nitrogens is 1. The van der Waals surface area contributed by atoms with Gasteiger partial charge < -0.3 is 9.64 Å². The molecule has 0 bridgehead atoms. The number of hydrogen-bond acceptors (Lipinski definition) is 5. The molecule has 0 aliphatic rings. The van der Waals surface area contributed by atoms with Crippen molar-refractivity contribution < 1.29 is 9.53 Å². The zero-order valence-electron chi connectivity index (χ0n) is 17.0. The van der Waals surface area contributed by atoms with Crippen LogP contribution in [-0.2, 0) is 0 Å². The van der Waals surface area contributed by atoms with E-state index in [1.165, 1.54) is 11.3 Å². The number of hydrogen-bond donors (Lipinski definition) is 0. The lowest BCUT2D eigenvalue weighted by molar-refractivity contribution is 0.0984. The number of methoxy groups -OCH3 is 1. The van der Waals surface area contributed by atoms with Gasteiger partial charge in [-0.3, -0.25) is 9.69 Å². The number of ether oxygens (including phenoxy) is 1. The van der Waals surface area contributed by atoms with E-state index in [0.717, 1.165) is 24.3 Å². The number of thiazole rings is 1. The number of carbonyl (C=O) groups excluding carboxylic acids is 1. The number of anilines is 1. The van der Waals surface area contributed by atoms with Crippen molar-refractivity contribution in [2.45, 2.75) is 13.8 Å². The summed E-state index contributed by atoms with van der Waals surface area (Å²) in [5.74, 6) is 0.512. The second-order valence-corrected chi connectivity index (χ2v) is 8.24. The quantitative estimate of drug-likeness (QED) is 0.389. The number of amides is 1. The van der Waals surface area contributed by atoms with Gasteiger partial charge in [-0.2, -0.15) is 0 Å². The lowest BCUT2D eigenvalue weighted by Gasteiger charge is -2.24. The summed E-state index contributed by atoms with van der Waals surface area (Å²) in [6.45, 7) is 7.31. The van der Waals surface area contributed by atoms with E-state index in [0.29, 0.717) is 38.6 Å². The van der Waals surface area contributed by atoms with Gasteiger partial charge in [-0.25, -0.2) is 4.98 Å². The molecular weight excluding hydrogens is 465 g/mol. The van der Waals surface area contributed by atoms with Crippen molar-refractivity contribution >= 4 is 68.2 Å². The Balaban J connectivity index is 0.00000320. The molecule has 30 heavy (non-hydrogen) atoms. The smallest absolute Gasteiger partial charge is 0.260 e. The van der Waals surface area contributed by atoms with Crippen LogP contribution in [0.3, 0.4) is 0 Å². The average molecular weight is 489 g/mol. The zero-order valence-corrected chi connectivity index (χ0v) is 20.2. The van der Waals surface area contributed by atoms with E-state index in [-0.39, 0.29) is 18.3 Å². The van der Waals surface area contributed by atoms with Crippen LogP contribution in [0.25, 0.3) is 10.2 Å². The zero-order chi connectivity index (χ0) is 21.0. The normalized spacial score (nSPS) is 10.9. The summed E-state index contributed by atoms with van der Waals surface area (Å²) in [5, 5.41) is 1.78. The fourth-order valence-electron chi connectivity index (χ4n) is 3.03. The molecule has 0 N–H and O–H groups in total. The standard InChI is InChI=1S/C21H23Cl2N3O2S.ClH/c1-4-25(5-2)12-13-26(20(27)14-6-8-15(22)9-7-14)21-24-18-17(28-3)11-10-16(23)19(18)29-21;/h6-11H,4-5,12-13H2,1-3H3;1H. The maximum Gasteiger partial charge on any atom is 0.260 e. The number of rotatable bonds is 8. The van der Waals surface area contributed by atoms with E-state index in [2.05, 4.69) is 18.7 Å². The highest BCUT2D eigenvalue weighted by Crippen LogP contribution is 2.39. The Hall–Kier alpha value is -1.57. The molecule has 0 fully saturated rings. The van der Waals surface area contributed by atoms with Crippen LogP contribution in [-0.4, -0.2) is 49.1 Å². The number of nitrogens with zero attached hydrogens (tertiary/aromatic N) is 3. The maximum atomic E-state index is 13.3. The molecule has 0 spiro atoms. The average Bonchev–Trinajstić information content (AvgIpc) is 3.18. The molecule has 1 heterocycles. The minimum atomic E-state index is -0.122. The molecule has 9 heteroatoms. The van der Waals surface area contributed by atoms with Crippen molar-refractivity contribution in [2.24, 2.45) is 0 Å². The number of halogens is 3. The summed E-state index contributed by atoms with van der Waals surface area (Å²) in [5.41, 5.74) is 1.23. The highest BCUT2D eigenvalue weighted by molar-refractivity contribution is 7.23. The fourth-order valence-corrected chi connectivity index (χ4v) is 4.44. The first-order chi connectivity index (χ1) is 14.0. The number of benzene rings is 2. The van der Waals surface area contributed by atoms with Crippen molar-refractivity contribution in [1.29, 1.82) is 0 Å². The molecule has 0 aliphatic carbocycles. The van der Waals surface area contributed by atoms with E-state index in [1.807, 2.05) is 0 Å². The van der Waals surface area contributed by atoms with Crippen LogP contribution in [0.5, 0.6) is 5.75 Å². The van der Waals surface area contributed by atoms with Gasteiger partial charge in [0, 0.05) is 23.7 Å². The molecule has 0 atom stereocenters. The topological polar surface area (TPSA) is 45.7 Å². The number of fused-ring (bicyclic) bond motifs is 1. The summed E-state index contributed by atoms with van der Waals surface area (Å²) in [6, 6.07) is 10.5. The second kappa shape index (κ2) is 11.2. The molecule has 0 saturated carbocycles. The minimum absolute atomic E-state index is 0. The van der Waals surface area contributed by atoms with Crippen molar-refractivity contribution in [1.82, 2.24) is 9.88 Å². The maximum absolute atomic E-state index is 13.3. The Morgan fingerprint density at radius 3 is 2.33 bits per heavy atom. The predicted molar refractivity (Wildman–Crippen MR) is 129 cm³/mol. The number of carbonyl (C=O) groups is 1. The van der Waals surface area contributed by atoms with Crippen LogP contribution in [0.4, 0.5) is 5.13 Å². The van der Waals surface area contributed by atoms with Crippen LogP contribution >= 0.6 is 46.9 Å². The SMILES string of the molecule is CCN(CC)CCN(C(=O)c1ccc(Cl)cc1)c1nc2c(OC)ccc(Cl)c2s1.Cl. The molecule has 0 radical (unpaired) electrons. The van der Waals surface area contributed by atoms with Crippen molar-refractivity contribution in [2.75, 3.05) is 38.2 Å². The van der Waals surface area contributed by atoms with Crippen LogP contribution in [0.2, 0.25) is 10.0 Å². The predicted octanol–water partition coefficient (Wildman–Crippen LogP) is 6.02. The Morgan fingerprint density at radius 1 is 1.07 bits per heavy atom.